The fourth-order valence-corrected chi connectivity index (χ4v) is 2.79. The van der Waals surface area contributed by atoms with Crippen molar-refractivity contribution in [3.63, 3.8) is 0 Å². The van der Waals surface area contributed by atoms with Gasteiger partial charge in [-0.2, -0.15) is 0 Å². The number of rotatable bonds is 4. The van der Waals surface area contributed by atoms with E-state index in [0.29, 0.717) is 0 Å². The third kappa shape index (κ3) is 2.22. The van der Waals surface area contributed by atoms with Crippen LogP contribution in [0.2, 0.25) is 0 Å². The molecule has 0 bridgehead atoms. The van der Waals surface area contributed by atoms with Crippen LogP contribution in [0.25, 0.3) is 0 Å². The lowest BCUT2D eigenvalue weighted by Gasteiger charge is -2.20. The van der Waals surface area contributed by atoms with Crippen LogP contribution in [0.15, 0.2) is 41.2 Å². The van der Waals surface area contributed by atoms with Gasteiger partial charge in [0.25, 0.3) is 0 Å². The van der Waals surface area contributed by atoms with Gasteiger partial charge in [-0.15, -0.1) is 0 Å². The average Bonchev–Trinajstić information content (AvgIpc) is 3.05. The first-order valence-electron chi connectivity index (χ1n) is 7.14. The molecule has 1 aromatic heterocycles. The topological polar surface area (TPSA) is 34.4 Å². The van der Waals surface area contributed by atoms with Gasteiger partial charge in [0.2, 0.25) is 0 Å². The molecule has 2 heterocycles. The predicted molar refractivity (Wildman–Crippen MR) is 79.2 cm³/mol. The maximum atomic E-state index is 5.76. The Morgan fingerprint density at radius 3 is 2.80 bits per heavy atom. The number of ether oxygens (including phenoxy) is 1. The van der Waals surface area contributed by atoms with Crippen LogP contribution in [0.5, 0.6) is 5.75 Å². The minimum atomic E-state index is 0.0818. The smallest absolute Gasteiger partial charge is 0.123 e. The zero-order valence-electron chi connectivity index (χ0n) is 12.3. The molecular formula is C17H21NO2. The minimum absolute atomic E-state index is 0.0818. The van der Waals surface area contributed by atoms with E-state index in [-0.39, 0.29) is 11.5 Å². The van der Waals surface area contributed by atoms with Crippen molar-refractivity contribution in [1.82, 2.24) is 5.32 Å². The first kappa shape index (κ1) is 13.3. The van der Waals surface area contributed by atoms with E-state index in [1.807, 2.05) is 12.3 Å². The maximum absolute atomic E-state index is 5.76. The molecule has 3 heteroatoms. The number of hydrogen-bond acceptors (Lipinski definition) is 3. The van der Waals surface area contributed by atoms with Crippen LogP contribution in [0.1, 0.15) is 43.5 Å². The van der Waals surface area contributed by atoms with Crippen LogP contribution in [-0.2, 0) is 5.41 Å². The summed E-state index contributed by atoms with van der Waals surface area (Å²) in [6, 6.07) is 8.68. The molecule has 1 aliphatic rings. The fourth-order valence-electron chi connectivity index (χ4n) is 2.79. The summed E-state index contributed by atoms with van der Waals surface area (Å²) < 4.78 is 11.0. The molecular weight excluding hydrogens is 250 g/mol. The van der Waals surface area contributed by atoms with Crippen molar-refractivity contribution < 1.29 is 9.15 Å². The molecule has 0 fully saturated rings. The summed E-state index contributed by atoms with van der Waals surface area (Å²) in [5.74, 6) is 1.01. The number of benzene rings is 1. The van der Waals surface area contributed by atoms with Crippen molar-refractivity contribution in [2.24, 2.45) is 0 Å². The highest BCUT2D eigenvalue weighted by molar-refractivity contribution is 5.47. The van der Waals surface area contributed by atoms with E-state index >= 15 is 0 Å². The third-order valence-corrected chi connectivity index (χ3v) is 3.94. The van der Waals surface area contributed by atoms with E-state index in [2.05, 4.69) is 44.3 Å². The highest BCUT2D eigenvalue weighted by Gasteiger charge is 2.32. The number of nitrogens with one attached hydrogen (secondary N) is 1. The third-order valence-electron chi connectivity index (χ3n) is 3.94. The molecule has 3 rings (SSSR count). The molecule has 106 valence electrons. The SMILES string of the molecule is CCNC(c1ccoc1)c1ccc2c(c1)C(C)(C)CO2. The van der Waals surface area contributed by atoms with Crippen LogP contribution >= 0.6 is 0 Å². The van der Waals surface area contributed by atoms with Crippen molar-refractivity contribution in [3.8, 4) is 5.75 Å². The predicted octanol–water partition coefficient (Wildman–Crippen LogP) is 3.65. The number of hydrogen-bond donors (Lipinski definition) is 1. The highest BCUT2D eigenvalue weighted by atomic mass is 16.5. The Hall–Kier alpha value is -1.74. The molecule has 0 radical (unpaired) electrons. The lowest BCUT2D eigenvalue weighted by Crippen LogP contribution is -2.22. The van der Waals surface area contributed by atoms with Crippen molar-refractivity contribution in [3.05, 3.63) is 53.5 Å². The van der Waals surface area contributed by atoms with Gasteiger partial charge in [-0.25, -0.2) is 0 Å². The minimum Gasteiger partial charge on any atom is -0.492 e. The molecule has 20 heavy (non-hydrogen) atoms. The van der Waals surface area contributed by atoms with Crippen LogP contribution in [0.4, 0.5) is 0 Å². The summed E-state index contributed by atoms with van der Waals surface area (Å²) in [4.78, 5) is 0. The lowest BCUT2D eigenvalue weighted by atomic mass is 9.85. The number of furan rings is 1. The first-order chi connectivity index (χ1) is 9.62. The second-order valence-corrected chi connectivity index (χ2v) is 5.98. The normalized spacial score (nSPS) is 17.6. The molecule has 1 N–H and O–H groups in total. The second kappa shape index (κ2) is 4.98. The Balaban J connectivity index is 2.01. The summed E-state index contributed by atoms with van der Waals surface area (Å²) >= 11 is 0. The van der Waals surface area contributed by atoms with Crippen molar-refractivity contribution >= 4 is 0 Å². The van der Waals surface area contributed by atoms with Gasteiger partial charge in [0.1, 0.15) is 5.75 Å². The summed E-state index contributed by atoms with van der Waals surface area (Å²) in [6.45, 7) is 8.23. The van der Waals surface area contributed by atoms with Crippen LogP contribution in [-0.4, -0.2) is 13.2 Å². The molecule has 0 aliphatic carbocycles. The molecule has 0 saturated carbocycles. The summed E-state index contributed by atoms with van der Waals surface area (Å²) in [5, 5.41) is 3.52. The van der Waals surface area contributed by atoms with Crippen molar-refractivity contribution in [1.29, 1.82) is 0 Å². The molecule has 0 amide bonds. The Kier molecular flexibility index (Phi) is 3.30. The van der Waals surface area contributed by atoms with Crippen molar-refractivity contribution in [2.45, 2.75) is 32.2 Å². The van der Waals surface area contributed by atoms with E-state index in [1.54, 1.807) is 6.26 Å². The van der Waals surface area contributed by atoms with Gasteiger partial charge in [-0.05, 0) is 30.3 Å². The first-order valence-corrected chi connectivity index (χ1v) is 7.14. The van der Waals surface area contributed by atoms with E-state index in [4.69, 9.17) is 9.15 Å². The van der Waals surface area contributed by atoms with Gasteiger partial charge in [0.15, 0.2) is 0 Å². The molecule has 2 aromatic rings. The lowest BCUT2D eigenvalue weighted by molar-refractivity contribution is 0.291. The van der Waals surface area contributed by atoms with E-state index in [0.717, 1.165) is 24.5 Å². The molecule has 0 saturated heterocycles. The van der Waals surface area contributed by atoms with Gasteiger partial charge >= 0.3 is 0 Å². The van der Waals surface area contributed by atoms with E-state index in [1.165, 1.54) is 11.1 Å². The Morgan fingerprint density at radius 1 is 1.25 bits per heavy atom. The summed E-state index contributed by atoms with van der Waals surface area (Å²) in [6.07, 6.45) is 3.53. The second-order valence-electron chi connectivity index (χ2n) is 5.98. The monoisotopic (exact) mass is 271 g/mol. The van der Waals surface area contributed by atoms with Crippen molar-refractivity contribution in [2.75, 3.05) is 13.2 Å². The van der Waals surface area contributed by atoms with Gasteiger partial charge in [-0.1, -0.05) is 26.8 Å². The molecule has 3 nitrogen and oxygen atoms in total. The van der Waals surface area contributed by atoms with Crippen LogP contribution in [0, 0.1) is 0 Å². The Labute approximate surface area is 119 Å². The van der Waals surface area contributed by atoms with Gasteiger partial charge in [-0.3, -0.25) is 0 Å². The average molecular weight is 271 g/mol. The van der Waals surface area contributed by atoms with E-state index < -0.39 is 0 Å². The van der Waals surface area contributed by atoms with Gasteiger partial charge in [0.05, 0.1) is 25.2 Å². The standard InChI is InChI=1S/C17H21NO2/c1-4-18-16(13-7-8-19-10-13)12-5-6-15-14(9-12)17(2,3)11-20-15/h5-10,16,18H,4,11H2,1-3H3. The molecule has 1 unspecified atom stereocenters. The maximum Gasteiger partial charge on any atom is 0.123 e. The summed E-state index contributed by atoms with van der Waals surface area (Å²) in [5.41, 5.74) is 3.79. The molecule has 1 aromatic carbocycles. The molecule has 0 spiro atoms. The largest absolute Gasteiger partial charge is 0.492 e. The molecule has 1 atom stereocenters. The zero-order valence-corrected chi connectivity index (χ0v) is 12.3. The van der Waals surface area contributed by atoms with E-state index in [9.17, 15) is 0 Å². The highest BCUT2D eigenvalue weighted by Crippen LogP contribution is 2.40. The van der Waals surface area contributed by atoms with Gasteiger partial charge < -0.3 is 14.5 Å². The Bertz CT molecular complexity index is 587. The van der Waals surface area contributed by atoms with Crippen LogP contribution < -0.4 is 10.1 Å². The number of fused-ring (bicyclic) bond motifs is 1. The summed E-state index contributed by atoms with van der Waals surface area (Å²) in [7, 11) is 0. The fraction of sp³-hybridized carbons (Fsp3) is 0.412. The molecule has 1 aliphatic heterocycles. The zero-order chi connectivity index (χ0) is 14.2. The Morgan fingerprint density at radius 2 is 2.10 bits per heavy atom. The van der Waals surface area contributed by atoms with Crippen LogP contribution in [0.3, 0.4) is 0 Å². The van der Waals surface area contributed by atoms with Gasteiger partial charge in [0, 0.05) is 16.5 Å². The quantitative estimate of drug-likeness (QED) is 0.921.